The molecule has 6 heteroatoms. The highest BCUT2D eigenvalue weighted by atomic mass is 16.5. The van der Waals surface area contributed by atoms with Crippen LogP contribution in [0.4, 0.5) is 5.69 Å². The molecule has 1 saturated heterocycles. The quantitative estimate of drug-likeness (QED) is 0.702. The van der Waals surface area contributed by atoms with E-state index in [4.69, 9.17) is 4.74 Å². The Bertz CT molecular complexity index is 870. The van der Waals surface area contributed by atoms with Gasteiger partial charge in [-0.05, 0) is 56.2 Å². The van der Waals surface area contributed by atoms with Crippen LogP contribution in [0.1, 0.15) is 61.6 Å². The summed E-state index contributed by atoms with van der Waals surface area (Å²) in [4.78, 5) is 26.6. The zero-order chi connectivity index (χ0) is 22.4. The predicted octanol–water partition coefficient (Wildman–Crippen LogP) is 4.14. The van der Waals surface area contributed by atoms with Gasteiger partial charge >= 0.3 is 0 Å². The molecule has 166 valence electrons. The van der Waals surface area contributed by atoms with Crippen molar-refractivity contribution >= 4 is 17.5 Å². The van der Waals surface area contributed by atoms with Gasteiger partial charge in [-0.25, -0.2) is 0 Å². The lowest BCUT2D eigenvalue weighted by Gasteiger charge is -2.35. The van der Waals surface area contributed by atoms with Gasteiger partial charge < -0.3 is 15.4 Å². The third kappa shape index (κ3) is 6.64. The van der Waals surface area contributed by atoms with Gasteiger partial charge in [-0.3, -0.25) is 14.5 Å². The number of nitrogens with zero attached hydrogens (tertiary/aromatic N) is 1. The number of morpholine rings is 1. The first-order valence-corrected chi connectivity index (χ1v) is 11.0. The number of carbonyl (C=O) groups excluding carboxylic acids is 2. The number of ether oxygens (including phenoxy) is 1. The molecule has 0 aliphatic carbocycles. The summed E-state index contributed by atoms with van der Waals surface area (Å²) in [5, 5.41) is 5.87. The Labute approximate surface area is 185 Å². The minimum atomic E-state index is -0.139. The Hall–Kier alpha value is -2.70. The van der Waals surface area contributed by atoms with Crippen LogP contribution in [-0.4, -0.2) is 42.0 Å². The number of nitrogens with one attached hydrogen (secondary N) is 2. The van der Waals surface area contributed by atoms with Crippen molar-refractivity contribution in [1.29, 1.82) is 0 Å². The molecule has 0 spiro atoms. The first kappa shape index (κ1) is 23.0. The average Bonchev–Trinajstić information content (AvgIpc) is 2.73. The average molecular weight is 424 g/mol. The van der Waals surface area contributed by atoms with Crippen molar-refractivity contribution in [3.63, 3.8) is 0 Å². The van der Waals surface area contributed by atoms with E-state index in [1.807, 2.05) is 62.4 Å². The summed E-state index contributed by atoms with van der Waals surface area (Å²) in [5.41, 5.74) is 3.57. The summed E-state index contributed by atoms with van der Waals surface area (Å²) < 4.78 is 5.79. The van der Waals surface area contributed by atoms with Gasteiger partial charge in [0.25, 0.3) is 5.91 Å². The summed E-state index contributed by atoms with van der Waals surface area (Å²) in [5.74, 6) is -0.119. The van der Waals surface area contributed by atoms with Crippen LogP contribution in [0.15, 0.2) is 48.5 Å². The third-order valence-corrected chi connectivity index (χ3v) is 5.48. The van der Waals surface area contributed by atoms with E-state index in [2.05, 4.69) is 29.4 Å². The standard InChI is InChI=1S/C25H33N3O3/c1-5-24(29)27-23-12-10-21(11-13-23)19(4)26-25(30)22-8-6-20(7-9-22)16-28-14-17(2)31-18(3)15-28/h6-13,17-19H,5,14-16H2,1-4H3,(H,26,30)(H,27,29). The van der Waals surface area contributed by atoms with Crippen LogP contribution in [-0.2, 0) is 16.1 Å². The van der Waals surface area contributed by atoms with Gasteiger partial charge in [0, 0.05) is 37.3 Å². The molecule has 1 aliphatic rings. The Morgan fingerprint density at radius 1 is 1.03 bits per heavy atom. The summed E-state index contributed by atoms with van der Waals surface area (Å²) in [6.45, 7) is 10.7. The van der Waals surface area contributed by atoms with Crippen LogP contribution in [0.25, 0.3) is 0 Å². The van der Waals surface area contributed by atoms with Gasteiger partial charge in [0.05, 0.1) is 18.2 Å². The van der Waals surface area contributed by atoms with Crippen molar-refractivity contribution in [3.05, 3.63) is 65.2 Å². The number of carbonyl (C=O) groups is 2. The molecular weight excluding hydrogens is 390 g/mol. The van der Waals surface area contributed by atoms with Crippen molar-refractivity contribution < 1.29 is 14.3 Å². The second-order valence-electron chi connectivity index (χ2n) is 8.37. The van der Waals surface area contributed by atoms with Gasteiger partial charge in [0.2, 0.25) is 5.91 Å². The molecule has 0 aromatic heterocycles. The summed E-state index contributed by atoms with van der Waals surface area (Å²) >= 11 is 0. The number of anilines is 1. The molecule has 2 N–H and O–H groups in total. The lowest BCUT2D eigenvalue weighted by molar-refractivity contribution is -0.115. The summed E-state index contributed by atoms with van der Waals surface area (Å²) in [7, 11) is 0. The van der Waals surface area contributed by atoms with E-state index < -0.39 is 0 Å². The fraction of sp³-hybridized carbons (Fsp3) is 0.440. The molecule has 1 fully saturated rings. The smallest absolute Gasteiger partial charge is 0.251 e. The van der Waals surface area contributed by atoms with Crippen LogP contribution in [0, 0.1) is 0 Å². The minimum Gasteiger partial charge on any atom is -0.373 e. The SMILES string of the molecule is CCC(=O)Nc1ccc(C(C)NC(=O)c2ccc(CN3CC(C)OC(C)C3)cc2)cc1. The number of benzene rings is 2. The van der Waals surface area contributed by atoms with Crippen LogP contribution in [0.3, 0.4) is 0 Å². The Morgan fingerprint density at radius 3 is 2.23 bits per heavy atom. The number of hydrogen-bond donors (Lipinski definition) is 2. The second-order valence-corrected chi connectivity index (χ2v) is 8.37. The topological polar surface area (TPSA) is 70.7 Å². The maximum atomic E-state index is 12.7. The molecule has 2 aromatic rings. The third-order valence-electron chi connectivity index (χ3n) is 5.48. The molecule has 3 rings (SSSR count). The predicted molar refractivity (Wildman–Crippen MR) is 123 cm³/mol. The Morgan fingerprint density at radius 2 is 1.65 bits per heavy atom. The van der Waals surface area contributed by atoms with Crippen molar-refractivity contribution in [2.24, 2.45) is 0 Å². The van der Waals surface area contributed by atoms with E-state index in [1.54, 1.807) is 0 Å². The fourth-order valence-electron chi connectivity index (χ4n) is 3.90. The number of amides is 2. The van der Waals surface area contributed by atoms with Gasteiger partial charge in [0.15, 0.2) is 0 Å². The largest absolute Gasteiger partial charge is 0.373 e. The molecule has 3 unspecified atom stereocenters. The van der Waals surface area contributed by atoms with Gasteiger partial charge in [-0.15, -0.1) is 0 Å². The second kappa shape index (κ2) is 10.6. The van der Waals surface area contributed by atoms with E-state index in [0.29, 0.717) is 12.0 Å². The van der Waals surface area contributed by atoms with Crippen LogP contribution < -0.4 is 10.6 Å². The fourth-order valence-corrected chi connectivity index (χ4v) is 3.90. The first-order valence-electron chi connectivity index (χ1n) is 11.0. The molecular formula is C25H33N3O3. The van der Waals surface area contributed by atoms with E-state index in [1.165, 1.54) is 5.56 Å². The highest BCUT2D eigenvalue weighted by Crippen LogP contribution is 2.18. The van der Waals surface area contributed by atoms with Crippen molar-refractivity contribution in [2.45, 2.75) is 58.9 Å². The van der Waals surface area contributed by atoms with Gasteiger partial charge in [-0.1, -0.05) is 31.2 Å². The van der Waals surface area contributed by atoms with Gasteiger partial charge in [-0.2, -0.15) is 0 Å². The lowest BCUT2D eigenvalue weighted by atomic mass is 10.1. The maximum Gasteiger partial charge on any atom is 0.251 e. The van der Waals surface area contributed by atoms with E-state index in [-0.39, 0.29) is 30.1 Å². The zero-order valence-corrected chi connectivity index (χ0v) is 18.9. The number of rotatable bonds is 7. The van der Waals surface area contributed by atoms with E-state index >= 15 is 0 Å². The molecule has 0 radical (unpaired) electrons. The lowest BCUT2D eigenvalue weighted by Crippen LogP contribution is -2.44. The van der Waals surface area contributed by atoms with Crippen LogP contribution in [0.5, 0.6) is 0 Å². The molecule has 3 atom stereocenters. The highest BCUT2D eigenvalue weighted by Gasteiger charge is 2.22. The van der Waals surface area contributed by atoms with Crippen molar-refractivity contribution in [1.82, 2.24) is 10.2 Å². The molecule has 2 aromatic carbocycles. The summed E-state index contributed by atoms with van der Waals surface area (Å²) in [6.07, 6.45) is 0.928. The molecule has 0 saturated carbocycles. The van der Waals surface area contributed by atoms with Gasteiger partial charge in [0.1, 0.15) is 0 Å². The molecule has 1 heterocycles. The summed E-state index contributed by atoms with van der Waals surface area (Å²) in [6, 6.07) is 15.2. The van der Waals surface area contributed by atoms with E-state index in [9.17, 15) is 9.59 Å². The Balaban J connectivity index is 1.54. The first-order chi connectivity index (χ1) is 14.8. The van der Waals surface area contributed by atoms with Crippen molar-refractivity contribution in [2.75, 3.05) is 18.4 Å². The molecule has 6 nitrogen and oxygen atoms in total. The number of hydrogen-bond acceptors (Lipinski definition) is 4. The minimum absolute atomic E-state index is 0.0183. The molecule has 2 amide bonds. The van der Waals surface area contributed by atoms with Crippen LogP contribution >= 0.6 is 0 Å². The molecule has 31 heavy (non-hydrogen) atoms. The zero-order valence-electron chi connectivity index (χ0n) is 18.9. The Kier molecular flexibility index (Phi) is 7.82. The monoisotopic (exact) mass is 423 g/mol. The maximum absolute atomic E-state index is 12.7. The highest BCUT2D eigenvalue weighted by molar-refractivity contribution is 5.94. The van der Waals surface area contributed by atoms with Crippen LogP contribution in [0.2, 0.25) is 0 Å². The normalized spacial score (nSPS) is 20.1. The molecule has 1 aliphatic heterocycles. The van der Waals surface area contributed by atoms with Crippen molar-refractivity contribution in [3.8, 4) is 0 Å². The molecule has 0 bridgehead atoms. The van der Waals surface area contributed by atoms with E-state index in [0.717, 1.165) is 30.9 Å².